The summed E-state index contributed by atoms with van der Waals surface area (Å²) in [6.45, 7) is 11.4. The number of H-pyrrole nitrogens is 1. The number of hydrogen-bond donors (Lipinski definition) is 8. The Kier molecular flexibility index (Phi) is 17.0. The van der Waals surface area contributed by atoms with Gasteiger partial charge in [-0.3, -0.25) is 28.8 Å². The fourth-order valence-corrected chi connectivity index (χ4v) is 8.00. The molecule has 3 aromatic carbocycles. The van der Waals surface area contributed by atoms with Gasteiger partial charge in [0.15, 0.2) is 0 Å². The van der Waals surface area contributed by atoms with Crippen molar-refractivity contribution in [1.82, 2.24) is 36.1 Å². The number of amides is 5. The van der Waals surface area contributed by atoms with Crippen LogP contribution < -0.4 is 53.5 Å². The third kappa shape index (κ3) is 12.2. The van der Waals surface area contributed by atoms with E-state index in [4.69, 9.17) is 31.9 Å². The predicted octanol–water partition coefficient (Wildman–Crippen LogP) is 1.53. The number of fused-ring (bicyclic) bond motifs is 5. The van der Waals surface area contributed by atoms with Gasteiger partial charge in [0.25, 0.3) is 11.5 Å². The van der Waals surface area contributed by atoms with Gasteiger partial charge in [0.2, 0.25) is 23.6 Å². The Morgan fingerprint density at radius 2 is 1.57 bits per heavy atom. The number of nitrogens with zero attached hydrogens (tertiary/aromatic N) is 3. The molecule has 0 saturated heterocycles. The molecule has 0 saturated carbocycles. The van der Waals surface area contributed by atoms with Crippen LogP contribution in [0.4, 0.5) is 0 Å². The average Bonchev–Trinajstić information content (AvgIpc) is 3.28. The molecule has 1 aliphatic rings. The number of nitrogens with two attached hydrogens (primary N) is 3. The van der Waals surface area contributed by atoms with Crippen molar-refractivity contribution in [2.75, 3.05) is 46.4 Å². The van der Waals surface area contributed by atoms with Crippen LogP contribution in [0.2, 0.25) is 0 Å². The Bertz CT molecular complexity index is 2600. The van der Waals surface area contributed by atoms with Gasteiger partial charge < -0.3 is 57.8 Å². The molecular formula is C48H61N11O8. The number of benzene rings is 3. The van der Waals surface area contributed by atoms with Crippen LogP contribution in [0.1, 0.15) is 78.5 Å². The van der Waals surface area contributed by atoms with Crippen molar-refractivity contribution in [1.29, 1.82) is 5.26 Å². The fourth-order valence-electron chi connectivity index (χ4n) is 8.00. The number of rotatable bonds is 15. The summed E-state index contributed by atoms with van der Waals surface area (Å²) in [7, 11) is 1.36. The van der Waals surface area contributed by atoms with Crippen LogP contribution in [0.5, 0.6) is 11.5 Å². The number of aromatic nitrogens is 2. The number of ether oxygens (including phenoxy) is 2. The molecule has 356 valence electrons. The highest BCUT2D eigenvalue weighted by molar-refractivity contribution is 6.00. The maximum absolute atomic E-state index is 14.7. The molecule has 19 nitrogen and oxygen atoms in total. The van der Waals surface area contributed by atoms with Crippen LogP contribution >= 0.6 is 0 Å². The number of hydrogen-bond acceptors (Lipinski definition) is 13. The summed E-state index contributed by atoms with van der Waals surface area (Å²) in [4.78, 5) is 92.3. The van der Waals surface area contributed by atoms with E-state index in [-0.39, 0.29) is 80.3 Å². The zero-order valence-electron chi connectivity index (χ0n) is 39.0. The minimum Gasteiger partial charge on any atom is -0.492 e. The van der Waals surface area contributed by atoms with Crippen LogP contribution in [0, 0.1) is 25.2 Å². The smallest absolute Gasteiger partial charge is 0.264 e. The number of nitriles is 1. The third-order valence-corrected chi connectivity index (χ3v) is 11.2. The first kappa shape index (κ1) is 50.9. The number of aryl methyl sites for hydroxylation is 2. The molecular weight excluding hydrogens is 859 g/mol. The van der Waals surface area contributed by atoms with Gasteiger partial charge in [0, 0.05) is 43.2 Å². The Morgan fingerprint density at radius 1 is 0.910 bits per heavy atom. The lowest BCUT2D eigenvalue weighted by molar-refractivity contribution is -0.141. The quantitative estimate of drug-likeness (QED) is 0.0786. The lowest BCUT2D eigenvalue weighted by Crippen LogP contribution is -2.56. The number of aromatic amines is 1. The molecule has 4 atom stereocenters. The molecule has 2 heterocycles. The minimum atomic E-state index is -1.46. The highest BCUT2D eigenvalue weighted by Gasteiger charge is 2.36. The van der Waals surface area contributed by atoms with E-state index in [0.717, 1.165) is 16.0 Å². The molecule has 4 aromatic rings. The van der Waals surface area contributed by atoms with Gasteiger partial charge in [-0.2, -0.15) is 5.26 Å². The molecule has 0 unspecified atom stereocenters. The van der Waals surface area contributed by atoms with Crippen molar-refractivity contribution in [2.45, 2.75) is 84.0 Å². The average molecular weight is 920 g/mol. The van der Waals surface area contributed by atoms with Crippen molar-refractivity contribution in [3.8, 4) is 40.1 Å². The van der Waals surface area contributed by atoms with Gasteiger partial charge in [-0.15, -0.1) is 0 Å². The molecule has 5 rings (SSSR count). The molecule has 0 aliphatic carbocycles. The van der Waals surface area contributed by atoms with Crippen LogP contribution in [0.25, 0.3) is 22.5 Å². The van der Waals surface area contributed by atoms with Crippen molar-refractivity contribution in [2.24, 2.45) is 17.2 Å². The molecule has 11 N–H and O–H groups in total. The zero-order chi connectivity index (χ0) is 49.2. The third-order valence-electron chi connectivity index (χ3n) is 11.2. The maximum atomic E-state index is 14.7. The van der Waals surface area contributed by atoms with E-state index < -0.39 is 59.3 Å². The Morgan fingerprint density at radius 3 is 2.16 bits per heavy atom. The van der Waals surface area contributed by atoms with E-state index >= 15 is 0 Å². The van der Waals surface area contributed by atoms with E-state index in [9.17, 15) is 28.8 Å². The summed E-state index contributed by atoms with van der Waals surface area (Å²) >= 11 is 0. The summed E-state index contributed by atoms with van der Waals surface area (Å²) in [5.41, 5.74) is 21.2. The molecule has 4 bridgehead atoms. The monoisotopic (exact) mass is 919 g/mol. The SMILES string of the molecule is Cc1cc(-c2nc(C)c(C(=O)N[C@@H](CCN)C(=O)N(C)[C@@H]3C(=O)N[C@@H](C)C(=O)N[C@H](C(=O)NCC#N)Cc4ccc(OCCN)c(c4)-c4cc3ccc4OCCN)c(=O)[nH]2)ccc1C(C)(C)C. The highest BCUT2D eigenvalue weighted by atomic mass is 16.5. The van der Waals surface area contributed by atoms with E-state index in [1.807, 2.05) is 31.2 Å². The van der Waals surface area contributed by atoms with Crippen molar-refractivity contribution in [3.05, 3.63) is 98.5 Å². The first-order valence-corrected chi connectivity index (χ1v) is 22.0. The second-order valence-corrected chi connectivity index (χ2v) is 17.3. The second-order valence-electron chi connectivity index (χ2n) is 17.3. The molecule has 67 heavy (non-hydrogen) atoms. The van der Waals surface area contributed by atoms with Gasteiger partial charge in [-0.05, 0) is 91.7 Å². The minimum absolute atomic E-state index is 0.0165. The summed E-state index contributed by atoms with van der Waals surface area (Å²) in [6.07, 6.45) is -0.109. The molecule has 1 aliphatic heterocycles. The number of likely N-dealkylation sites (N-methyl/N-ethyl adjacent to an activating group) is 1. The van der Waals surface area contributed by atoms with Crippen LogP contribution in [0.3, 0.4) is 0 Å². The number of nitrogens with one attached hydrogen (secondary N) is 5. The molecule has 5 amide bonds. The summed E-state index contributed by atoms with van der Waals surface area (Å²) in [5.74, 6) is -2.82. The topological polar surface area (TPSA) is 303 Å². The van der Waals surface area contributed by atoms with E-state index in [1.165, 1.54) is 20.9 Å². The largest absolute Gasteiger partial charge is 0.492 e. The van der Waals surface area contributed by atoms with Gasteiger partial charge >= 0.3 is 0 Å². The van der Waals surface area contributed by atoms with E-state index in [1.54, 1.807) is 36.4 Å². The first-order chi connectivity index (χ1) is 31.8. The van der Waals surface area contributed by atoms with E-state index in [2.05, 4.69) is 52.0 Å². The summed E-state index contributed by atoms with van der Waals surface area (Å²) in [6, 6.07) is 12.4. The second kappa shape index (κ2) is 22.4. The predicted molar refractivity (Wildman–Crippen MR) is 252 cm³/mol. The fraction of sp³-hybridized carbons (Fsp3) is 0.417. The van der Waals surface area contributed by atoms with Crippen molar-refractivity contribution < 1.29 is 33.4 Å². The zero-order valence-corrected chi connectivity index (χ0v) is 39.0. The Hall–Kier alpha value is -7.14. The van der Waals surface area contributed by atoms with Crippen molar-refractivity contribution in [3.63, 3.8) is 0 Å². The van der Waals surface area contributed by atoms with E-state index in [0.29, 0.717) is 33.8 Å². The van der Waals surface area contributed by atoms with Crippen LogP contribution in [-0.2, 0) is 31.0 Å². The standard InChI is InChI=1S/C48H61N11O8/c1-26-22-31(9-11-34(26)48(4,5)6)41-54-27(2)39(45(63)58-41)44(62)56-35(14-15-49)47(65)59(7)40-30-10-13-38(67-21-18-52)33(25-30)32-23-29(8-12-37(32)66-20-17-51)24-36(43(61)53-19-16-50)57-42(60)28(3)55-46(40)64/h8-13,22-23,25,28,35-36,40H,14-15,17-21,24,49,51-52H2,1-7H3,(H,53,61)(H,55,64)(H,56,62)(H,57,60)(H,54,58,63)/t28-,35-,36-,40-/m0/s1. The number of carbonyl (C=O) groups excluding carboxylic acids is 5. The molecule has 0 radical (unpaired) electrons. The van der Waals surface area contributed by atoms with Gasteiger partial charge in [-0.1, -0.05) is 45.0 Å². The van der Waals surface area contributed by atoms with Crippen LogP contribution in [0.15, 0.2) is 59.4 Å². The van der Waals surface area contributed by atoms with Gasteiger partial charge in [-0.25, -0.2) is 4.98 Å². The number of carbonyl (C=O) groups is 5. The van der Waals surface area contributed by atoms with Crippen LogP contribution in [-0.4, -0.2) is 109 Å². The molecule has 0 fully saturated rings. The molecule has 1 aromatic heterocycles. The summed E-state index contributed by atoms with van der Waals surface area (Å²) < 4.78 is 12.2. The Balaban J connectivity index is 1.58. The van der Waals surface area contributed by atoms with Gasteiger partial charge in [0.1, 0.15) is 66.8 Å². The lowest BCUT2D eigenvalue weighted by Gasteiger charge is -2.32. The molecule has 19 heteroatoms. The highest BCUT2D eigenvalue weighted by Crippen LogP contribution is 2.40. The maximum Gasteiger partial charge on any atom is 0.264 e. The normalized spacial score (nSPS) is 16.6. The van der Waals surface area contributed by atoms with Gasteiger partial charge in [0.05, 0.1) is 11.8 Å². The first-order valence-electron chi connectivity index (χ1n) is 22.0. The Labute approximate surface area is 389 Å². The lowest BCUT2D eigenvalue weighted by atomic mass is 9.83. The summed E-state index contributed by atoms with van der Waals surface area (Å²) in [5, 5.41) is 19.7. The molecule has 0 spiro atoms. The van der Waals surface area contributed by atoms with Crippen molar-refractivity contribution >= 4 is 29.5 Å².